The van der Waals surface area contributed by atoms with Gasteiger partial charge in [0.15, 0.2) is 0 Å². The summed E-state index contributed by atoms with van der Waals surface area (Å²) in [5.74, 6) is 0.736. The number of methoxy groups -OCH3 is 1. The Balaban J connectivity index is 2.33. The maximum Gasteiger partial charge on any atom is 0.268 e. The Morgan fingerprint density at radius 2 is 2.15 bits per heavy atom. The zero-order valence-corrected chi connectivity index (χ0v) is 11.8. The van der Waals surface area contributed by atoms with Gasteiger partial charge >= 0.3 is 0 Å². The predicted molar refractivity (Wildman–Crippen MR) is 78.8 cm³/mol. The van der Waals surface area contributed by atoms with Gasteiger partial charge in [-0.15, -0.1) is 0 Å². The third-order valence-corrected chi connectivity index (χ3v) is 3.01. The zero-order chi connectivity index (χ0) is 14.4. The Morgan fingerprint density at radius 1 is 1.35 bits per heavy atom. The van der Waals surface area contributed by atoms with Crippen LogP contribution in [0.1, 0.15) is 18.9 Å². The highest BCUT2D eigenvalue weighted by Gasteiger charge is 2.09. The maximum atomic E-state index is 11.8. The Morgan fingerprint density at radius 3 is 2.90 bits per heavy atom. The number of aromatic nitrogens is 2. The van der Waals surface area contributed by atoms with E-state index in [9.17, 15) is 4.79 Å². The Labute approximate surface area is 118 Å². The van der Waals surface area contributed by atoms with Gasteiger partial charge in [0.2, 0.25) is 0 Å². The molecular weight excluding hydrogens is 254 g/mol. The van der Waals surface area contributed by atoms with Gasteiger partial charge in [-0.2, -0.15) is 5.10 Å². The number of benzene rings is 1. The average Bonchev–Trinajstić information content (AvgIpc) is 2.49. The van der Waals surface area contributed by atoms with E-state index in [-0.39, 0.29) is 5.56 Å². The predicted octanol–water partition coefficient (Wildman–Crippen LogP) is 1.95. The van der Waals surface area contributed by atoms with Crippen LogP contribution in [0, 0.1) is 0 Å². The van der Waals surface area contributed by atoms with E-state index in [1.54, 1.807) is 13.2 Å². The lowest BCUT2D eigenvalue weighted by Crippen LogP contribution is -2.22. The second-order valence-corrected chi connectivity index (χ2v) is 4.48. The minimum Gasteiger partial charge on any atom is -0.496 e. The number of rotatable bonds is 6. The van der Waals surface area contributed by atoms with Gasteiger partial charge in [0.05, 0.1) is 12.8 Å². The summed E-state index contributed by atoms with van der Waals surface area (Å²) in [6, 6.07) is 9.41. The average molecular weight is 273 g/mol. The number of nitrogens with one attached hydrogen (secondary N) is 2. The van der Waals surface area contributed by atoms with Gasteiger partial charge in [0.1, 0.15) is 5.75 Å². The molecule has 0 aliphatic heterocycles. The molecule has 0 bridgehead atoms. The Hall–Kier alpha value is -2.14. The zero-order valence-electron chi connectivity index (χ0n) is 11.8. The molecule has 1 aromatic carbocycles. The second kappa shape index (κ2) is 6.86. The molecule has 2 N–H and O–H groups in total. The summed E-state index contributed by atoms with van der Waals surface area (Å²) in [5.41, 5.74) is 2.08. The van der Waals surface area contributed by atoms with Gasteiger partial charge < -0.3 is 10.1 Å². The van der Waals surface area contributed by atoms with E-state index in [0.29, 0.717) is 17.8 Å². The molecule has 0 aliphatic rings. The third-order valence-electron chi connectivity index (χ3n) is 3.01. The van der Waals surface area contributed by atoms with Crippen molar-refractivity contribution < 1.29 is 4.74 Å². The third kappa shape index (κ3) is 3.24. The molecular formula is C15H19N3O2. The maximum absolute atomic E-state index is 11.8. The van der Waals surface area contributed by atoms with Crippen LogP contribution in [0.4, 0.5) is 0 Å². The van der Waals surface area contributed by atoms with Crippen molar-refractivity contribution in [2.45, 2.75) is 19.9 Å². The summed E-state index contributed by atoms with van der Waals surface area (Å²) in [5, 5.41) is 9.87. The first-order chi connectivity index (χ1) is 9.76. The van der Waals surface area contributed by atoms with Crippen molar-refractivity contribution in [3.63, 3.8) is 0 Å². The van der Waals surface area contributed by atoms with E-state index in [4.69, 9.17) is 4.74 Å². The van der Waals surface area contributed by atoms with Crippen LogP contribution in [0.15, 0.2) is 35.1 Å². The summed E-state index contributed by atoms with van der Waals surface area (Å²) in [6.07, 6.45) is 1.03. The van der Waals surface area contributed by atoms with Crippen molar-refractivity contribution in [3.8, 4) is 17.0 Å². The normalized spacial score (nSPS) is 10.5. The van der Waals surface area contributed by atoms with Crippen LogP contribution in [-0.2, 0) is 6.54 Å². The van der Waals surface area contributed by atoms with E-state index in [0.717, 1.165) is 24.3 Å². The molecule has 5 heteroatoms. The first kappa shape index (κ1) is 14.3. The van der Waals surface area contributed by atoms with E-state index in [1.165, 1.54) is 0 Å². The highest BCUT2D eigenvalue weighted by atomic mass is 16.5. The number of aromatic amines is 1. The van der Waals surface area contributed by atoms with Gasteiger partial charge in [-0.25, -0.2) is 5.10 Å². The van der Waals surface area contributed by atoms with Crippen LogP contribution < -0.4 is 15.6 Å². The molecule has 0 saturated heterocycles. The fourth-order valence-electron chi connectivity index (χ4n) is 1.97. The van der Waals surface area contributed by atoms with Crippen molar-refractivity contribution in [2.24, 2.45) is 0 Å². The van der Waals surface area contributed by atoms with Gasteiger partial charge in [-0.1, -0.05) is 19.1 Å². The van der Waals surface area contributed by atoms with Crippen molar-refractivity contribution in [3.05, 3.63) is 46.2 Å². The smallest absolute Gasteiger partial charge is 0.268 e. The fourth-order valence-corrected chi connectivity index (χ4v) is 1.97. The number of hydrogen-bond donors (Lipinski definition) is 2. The number of hydrogen-bond acceptors (Lipinski definition) is 4. The first-order valence-corrected chi connectivity index (χ1v) is 6.69. The molecule has 0 amide bonds. The Kier molecular flexibility index (Phi) is 4.90. The van der Waals surface area contributed by atoms with Gasteiger partial charge in [0.25, 0.3) is 5.56 Å². The quantitative estimate of drug-likeness (QED) is 0.789. The summed E-state index contributed by atoms with van der Waals surface area (Å²) in [4.78, 5) is 11.8. The Bertz CT molecular complexity index is 623. The molecule has 20 heavy (non-hydrogen) atoms. The lowest BCUT2D eigenvalue weighted by Gasteiger charge is -2.08. The van der Waals surface area contributed by atoms with Crippen molar-refractivity contribution >= 4 is 0 Å². The summed E-state index contributed by atoms with van der Waals surface area (Å²) in [6.45, 7) is 3.50. The molecule has 0 radical (unpaired) electrons. The fraction of sp³-hybridized carbons (Fsp3) is 0.333. The minimum atomic E-state index is -0.160. The first-order valence-electron chi connectivity index (χ1n) is 6.69. The number of para-hydroxylation sites is 1. The van der Waals surface area contributed by atoms with Crippen molar-refractivity contribution in [2.75, 3.05) is 13.7 Å². The van der Waals surface area contributed by atoms with E-state index >= 15 is 0 Å². The van der Waals surface area contributed by atoms with Crippen molar-refractivity contribution in [1.29, 1.82) is 0 Å². The van der Waals surface area contributed by atoms with E-state index in [2.05, 4.69) is 22.4 Å². The molecule has 0 unspecified atom stereocenters. The van der Waals surface area contributed by atoms with Gasteiger partial charge in [-0.05, 0) is 31.2 Å². The summed E-state index contributed by atoms with van der Waals surface area (Å²) >= 11 is 0. The second-order valence-electron chi connectivity index (χ2n) is 4.48. The molecule has 2 rings (SSSR count). The van der Waals surface area contributed by atoms with Gasteiger partial charge in [-0.3, -0.25) is 4.79 Å². The standard InChI is InChI=1S/C15H19N3O2/c1-3-8-16-10-11-9-13(17-18-15(11)19)12-6-4-5-7-14(12)20-2/h4-7,9,16H,3,8,10H2,1-2H3,(H,18,19). The molecule has 1 aromatic heterocycles. The lowest BCUT2D eigenvalue weighted by molar-refractivity contribution is 0.416. The molecule has 0 saturated carbocycles. The highest BCUT2D eigenvalue weighted by Crippen LogP contribution is 2.27. The summed E-state index contributed by atoms with van der Waals surface area (Å²) in [7, 11) is 1.62. The minimum absolute atomic E-state index is 0.160. The molecule has 0 spiro atoms. The molecule has 1 heterocycles. The molecule has 2 aromatic rings. The highest BCUT2D eigenvalue weighted by molar-refractivity contribution is 5.66. The van der Waals surface area contributed by atoms with Crippen LogP contribution in [0.2, 0.25) is 0 Å². The van der Waals surface area contributed by atoms with Crippen LogP contribution in [-0.4, -0.2) is 23.9 Å². The topological polar surface area (TPSA) is 67.0 Å². The lowest BCUT2D eigenvalue weighted by atomic mass is 10.1. The van der Waals surface area contributed by atoms with Crippen LogP contribution in [0.5, 0.6) is 5.75 Å². The summed E-state index contributed by atoms with van der Waals surface area (Å²) < 4.78 is 5.32. The molecule has 5 nitrogen and oxygen atoms in total. The molecule has 0 aliphatic carbocycles. The monoisotopic (exact) mass is 273 g/mol. The number of H-pyrrole nitrogens is 1. The largest absolute Gasteiger partial charge is 0.496 e. The molecule has 106 valence electrons. The SMILES string of the molecule is CCCNCc1cc(-c2ccccc2OC)n[nH]c1=O. The number of nitrogens with zero attached hydrogens (tertiary/aromatic N) is 1. The number of ether oxygens (including phenoxy) is 1. The van der Waals surface area contributed by atoms with Crippen molar-refractivity contribution in [1.82, 2.24) is 15.5 Å². The van der Waals surface area contributed by atoms with Crippen LogP contribution in [0.25, 0.3) is 11.3 Å². The van der Waals surface area contributed by atoms with Gasteiger partial charge in [0, 0.05) is 17.7 Å². The molecule has 0 fully saturated rings. The van der Waals surface area contributed by atoms with E-state index in [1.807, 2.05) is 24.3 Å². The van der Waals surface area contributed by atoms with Crippen LogP contribution in [0.3, 0.4) is 0 Å². The molecule has 0 atom stereocenters. The van der Waals surface area contributed by atoms with Crippen LogP contribution >= 0.6 is 0 Å². The van der Waals surface area contributed by atoms with E-state index < -0.39 is 0 Å².